The molecule has 0 amide bonds. The molecule has 2 heterocycles. The Morgan fingerprint density at radius 3 is 3.07 bits per heavy atom. The van der Waals surface area contributed by atoms with E-state index >= 15 is 0 Å². The smallest absolute Gasteiger partial charge is 0.223 e. The summed E-state index contributed by atoms with van der Waals surface area (Å²) in [5, 5.41) is 6.43. The van der Waals surface area contributed by atoms with Crippen molar-refractivity contribution in [3.05, 3.63) is 35.9 Å². The van der Waals surface area contributed by atoms with Crippen LogP contribution in [-0.4, -0.2) is 15.1 Å². The van der Waals surface area contributed by atoms with Gasteiger partial charge < -0.3 is 9.84 Å². The van der Waals surface area contributed by atoms with Crippen molar-refractivity contribution in [1.82, 2.24) is 15.1 Å². The minimum Gasteiger partial charge on any atom is -0.360 e. The van der Waals surface area contributed by atoms with Crippen molar-refractivity contribution in [2.75, 3.05) is 5.32 Å². The van der Waals surface area contributed by atoms with E-state index in [1.807, 2.05) is 0 Å². The summed E-state index contributed by atoms with van der Waals surface area (Å²) in [6.45, 7) is 1.98. The van der Waals surface area contributed by atoms with Crippen LogP contribution in [0, 0.1) is 12.7 Å². The van der Waals surface area contributed by atoms with Crippen LogP contribution in [-0.2, 0) is 6.54 Å². The third-order valence-corrected chi connectivity index (χ3v) is 1.74. The molecule has 0 fully saturated rings. The molecule has 5 nitrogen and oxygen atoms in total. The Balaban J connectivity index is 2.02. The number of halogens is 1. The van der Waals surface area contributed by atoms with E-state index in [1.54, 1.807) is 6.92 Å². The number of hydrogen-bond acceptors (Lipinski definition) is 5. The van der Waals surface area contributed by atoms with Crippen LogP contribution in [0.15, 0.2) is 22.9 Å². The number of pyridine rings is 1. The van der Waals surface area contributed by atoms with Crippen molar-refractivity contribution >= 4 is 5.82 Å². The molecular weight excluding hydrogens is 199 g/mol. The van der Waals surface area contributed by atoms with Gasteiger partial charge in [-0.05, 0) is 12.1 Å². The van der Waals surface area contributed by atoms with Gasteiger partial charge >= 0.3 is 0 Å². The molecule has 2 aromatic rings. The van der Waals surface area contributed by atoms with E-state index in [9.17, 15) is 4.39 Å². The van der Waals surface area contributed by atoms with Gasteiger partial charge in [-0.2, -0.15) is 4.98 Å². The Kier molecular flexibility index (Phi) is 2.57. The van der Waals surface area contributed by atoms with Gasteiger partial charge in [-0.3, -0.25) is 0 Å². The molecule has 0 saturated carbocycles. The number of aromatic nitrogens is 3. The maximum atomic E-state index is 13.1. The Labute approximate surface area is 85.3 Å². The predicted molar refractivity (Wildman–Crippen MR) is 50.6 cm³/mol. The third kappa shape index (κ3) is 2.28. The lowest BCUT2D eigenvalue weighted by Crippen LogP contribution is -2.04. The highest BCUT2D eigenvalue weighted by Gasteiger charge is 2.04. The molecule has 0 aromatic carbocycles. The molecule has 2 rings (SSSR count). The second-order valence-electron chi connectivity index (χ2n) is 2.92. The van der Waals surface area contributed by atoms with E-state index in [2.05, 4.69) is 20.4 Å². The van der Waals surface area contributed by atoms with Crippen molar-refractivity contribution in [1.29, 1.82) is 0 Å². The van der Waals surface area contributed by atoms with Crippen molar-refractivity contribution in [3.63, 3.8) is 0 Å². The summed E-state index contributed by atoms with van der Waals surface area (Å²) < 4.78 is 17.9. The molecule has 0 atom stereocenters. The first-order chi connectivity index (χ1) is 7.25. The first-order valence-electron chi connectivity index (χ1n) is 4.39. The average molecular weight is 208 g/mol. The lowest BCUT2D eigenvalue weighted by Gasteiger charge is -2.02. The fraction of sp³-hybridized carbons (Fsp3) is 0.222. The van der Waals surface area contributed by atoms with Gasteiger partial charge in [-0.15, -0.1) is 0 Å². The Morgan fingerprint density at radius 1 is 1.53 bits per heavy atom. The quantitative estimate of drug-likeness (QED) is 0.828. The highest BCUT2D eigenvalue weighted by molar-refractivity contribution is 5.35. The van der Waals surface area contributed by atoms with Crippen LogP contribution in [0.4, 0.5) is 10.2 Å². The van der Waals surface area contributed by atoms with Crippen LogP contribution in [0.5, 0.6) is 0 Å². The lowest BCUT2D eigenvalue weighted by atomic mass is 10.4. The van der Waals surface area contributed by atoms with E-state index in [0.29, 0.717) is 11.7 Å². The fourth-order valence-corrected chi connectivity index (χ4v) is 1.09. The summed E-state index contributed by atoms with van der Waals surface area (Å²) in [6.07, 6.45) is 1.51. The normalized spacial score (nSPS) is 10.3. The largest absolute Gasteiger partial charge is 0.360 e. The number of nitrogens with zero attached hydrogens (tertiary/aromatic N) is 3. The SMILES string of the molecule is Cc1nc(CNc2ncccc2F)no1. The second kappa shape index (κ2) is 4.04. The third-order valence-electron chi connectivity index (χ3n) is 1.74. The molecule has 2 aromatic heterocycles. The summed E-state index contributed by atoms with van der Waals surface area (Å²) in [5.74, 6) is 0.725. The van der Waals surface area contributed by atoms with E-state index in [-0.39, 0.29) is 12.4 Å². The van der Waals surface area contributed by atoms with Crippen LogP contribution < -0.4 is 5.32 Å². The second-order valence-corrected chi connectivity index (χ2v) is 2.92. The number of anilines is 1. The van der Waals surface area contributed by atoms with Crippen LogP contribution in [0.2, 0.25) is 0 Å². The van der Waals surface area contributed by atoms with Gasteiger partial charge in [0.15, 0.2) is 17.5 Å². The first-order valence-corrected chi connectivity index (χ1v) is 4.39. The van der Waals surface area contributed by atoms with Gasteiger partial charge in [0.2, 0.25) is 5.89 Å². The van der Waals surface area contributed by atoms with Crippen LogP contribution >= 0.6 is 0 Å². The van der Waals surface area contributed by atoms with Crippen LogP contribution in [0.3, 0.4) is 0 Å². The van der Waals surface area contributed by atoms with E-state index < -0.39 is 5.82 Å². The van der Waals surface area contributed by atoms with E-state index in [0.717, 1.165) is 0 Å². The summed E-state index contributed by atoms with van der Waals surface area (Å²) >= 11 is 0. The maximum Gasteiger partial charge on any atom is 0.223 e. The zero-order chi connectivity index (χ0) is 10.7. The Morgan fingerprint density at radius 2 is 2.40 bits per heavy atom. The Hall–Kier alpha value is -1.98. The summed E-state index contributed by atoms with van der Waals surface area (Å²) in [6, 6.07) is 2.86. The molecule has 0 radical (unpaired) electrons. The minimum absolute atomic E-state index is 0.181. The van der Waals surface area contributed by atoms with E-state index in [1.165, 1.54) is 18.3 Å². The summed E-state index contributed by atoms with van der Waals surface area (Å²) in [4.78, 5) is 7.79. The van der Waals surface area contributed by atoms with Gasteiger partial charge in [0.25, 0.3) is 0 Å². The van der Waals surface area contributed by atoms with Gasteiger partial charge in [0, 0.05) is 13.1 Å². The van der Waals surface area contributed by atoms with Crippen molar-refractivity contribution < 1.29 is 8.91 Å². The number of hydrogen-bond donors (Lipinski definition) is 1. The van der Waals surface area contributed by atoms with Gasteiger partial charge in [-0.1, -0.05) is 5.16 Å². The molecular formula is C9H9FN4O. The van der Waals surface area contributed by atoms with Gasteiger partial charge in [0.05, 0.1) is 6.54 Å². The zero-order valence-corrected chi connectivity index (χ0v) is 8.07. The molecule has 0 unspecified atom stereocenters. The van der Waals surface area contributed by atoms with Crippen LogP contribution in [0.25, 0.3) is 0 Å². The highest BCUT2D eigenvalue weighted by Crippen LogP contribution is 2.09. The lowest BCUT2D eigenvalue weighted by molar-refractivity contribution is 0.388. The van der Waals surface area contributed by atoms with Crippen LogP contribution in [0.1, 0.15) is 11.7 Å². The van der Waals surface area contributed by atoms with Crippen molar-refractivity contribution in [3.8, 4) is 0 Å². The zero-order valence-electron chi connectivity index (χ0n) is 8.07. The summed E-state index contributed by atoms with van der Waals surface area (Å²) in [5.41, 5.74) is 0. The molecule has 78 valence electrons. The molecule has 1 N–H and O–H groups in total. The minimum atomic E-state index is -0.405. The molecule has 0 aliphatic rings. The van der Waals surface area contributed by atoms with E-state index in [4.69, 9.17) is 4.52 Å². The monoisotopic (exact) mass is 208 g/mol. The number of nitrogens with one attached hydrogen (secondary N) is 1. The molecule has 6 heteroatoms. The standard InChI is InChI=1S/C9H9FN4O/c1-6-13-8(14-15-6)5-12-9-7(10)3-2-4-11-9/h2-4H,5H2,1H3,(H,11,12). The maximum absolute atomic E-state index is 13.1. The molecule has 15 heavy (non-hydrogen) atoms. The molecule has 0 aliphatic heterocycles. The molecule has 0 aliphatic carbocycles. The number of aryl methyl sites for hydroxylation is 1. The Bertz CT molecular complexity index is 457. The highest BCUT2D eigenvalue weighted by atomic mass is 19.1. The predicted octanol–water partition coefficient (Wildman–Crippen LogP) is 1.52. The van der Waals surface area contributed by atoms with Crippen molar-refractivity contribution in [2.45, 2.75) is 13.5 Å². The average Bonchev–Trinajstić information content (AvgIpc) is 2.63. The number of rotatable bonds is 3. The summed E-state index contributed by atoms with van der Waals surface area (Å²) in [7, 11) is 0. The first kappa shape index (κ1) is 9.57. The molecule has 0 spiro atoms. The fourth-order valence-electron chi connectivity index (χ4n) is 1.09. The molecule has 0 bridgehead atoms. The van der Waals surface area contributed by atoms with Crippen molar-refractivity contribution in [2.24, 2.45) is 0 Å². The topological polar surface area (TPSA) is 63.8 Å². The molecule has 0 saturated heterocycles. The van der Waals surface area contributed by atoms with Gasteiger partial charge in [0.1, 0.15) is 0 Å². The van der Waals surface area contributed by atoms with Gasteiger partial charge in [-0.25, -0.2) is 9.37 Å².